The highest BCUT2D eigenvalue weighted by Gasteiger charge is 2.11. The number of aromatic nitrogens is 1. The Hall–Kier alpha value is -1.81. The Morgan fingerprint density at radius 3 is 2.60 bits per heavy atom. The molecule has 0 aliphatic rings. The molecule has 0 atom stereocenters. The van der Waals surface area contributed by atoms with Gasteiger partial charge in [0.25, 0.3) is 0 Å². The first-order valence-electron chi connectivity index (χ1n) is 6.78. The molecule has 0 saturated carbocycles. The van der Waals surface area contributed by atoms with Crippen molar-refractivity contribution in [3.05, 3.63) is 41.3 Å². The lowest BCUT2D eigenvalue weighted by atomic mass is 10.1. The summed E-state index contributed by atoms with van der Waals surface area (Å²) < 4.78 is 11.0. The molecule has 2 aromatic rings. The summed E-state index contributed by atoms with van der Waals surface area (Å²) in [5.41, 5.74) is 3.30. The monoisotopic (exact) mass is 274 g/mol. The van der Waals surface area contributed by atoms with Gasteiger partial charge in [-0.3, -0.25) is 0 Å². The standard InChI is InChI=1S/C16H22N2O2/c1-11-6-7-14(8-12(11)2)20-15-18-13(10-19-15)9-17-16(3,4)5/h6-8,10,17H,9H2,1-5H3. The molecule has 0 radical (unpaired) electrons. The van der Waals surface area contributed by atoms with Gasteiger partial charge in [0.2, 0.25) is 0 Å². The Morgan fingerprint density at radius 1 is 1.20 bits per heavy atom. The van der Waals surface area contributed by atoms with Crippen LogP contribution in [0.3, 0.4) is 0 Å². The minimum absolute atomic E-state index is 0.0496. The van der Waals surface area contributed by atoms with Gasteiger partial charge in [-0.25, -0.2) is 0 Å². The number of hydrogen-bond donors (Lipinski definition) is 1. The smallest absolute Gasteiger partial charge is 0.399 e. The first kappa shape index (κ1) is 14.6. The second-order valence-corrected chi connectivity index (χ2v) is 6.06. The Morgan fingerprint density at radius 2 is 1.95 bits per heavy atom. The van der Waals surface area contributed by atoms with Gasteiger partial charge in [0, 0.05) is 12.1 Å². The van der Waals surface area contributed by atoms with Crippen LogP contribution in [-0.4, -0.2) is 10.5 Å². The van der Waals surface area contributed by atoms with E-state index in [2.05, 4.69) is 44.9 Å². The van der Waals surface area contributed by atoms with Gasteiger partial charge in [0.15, 0.2) is 0 Å². The van der Waals surface area contributed by atoms with Crippen LogP contribution in [0, 0.1) is 13.8 Å². The van der Waals surface area contributed by atoms with E-state index < -0.39 is 0 Å². The van der Waals surface area contributed by atoms with Gasteiger partial charge in [0.05, 0.1) is 5.69 Å². The maximum absolute atomic E-state index is 5.62. The first-order valence-corrected chi connectivity index (χ1v) is 6.78. The van der Waals surface area contributed by atoms with Crippen LogP contribution < -0.4 is 10.1 Å². The Kier molecular flexibility index (Phi) is 4.14. The van der Waals surface area contributed by atoms with Crippen molar-refractivity contribution in [2.75, 3.05) is 0 Å². The molecule has 0 bridgehead atoms. The fraction of sp³-hybridized carbons (Fsp3) is 0.438. The van der Waals surface area contributed by atoms with Crippen LogP contribution in [0.15, 0.2) is 28.9 Å². The molecule has 0 fully saturated rings. The maximum atomic E-state index is 5.62. The zero-order valence-electron chi connectivity index (χ0n) is 12.8. The van der Waals surface area contributed by atoms with Gasteiger partial charge in [-0.05, 0) is 57.9 Å². The number of rotatable bonds is 4. The van der Waals surface area contributed by atoms with Crippen LogP contribution in [0.1, 0.15) is 37.6 Å². The summed E-state index contributed by atoms with van der Waals surface area (Å²) >= 11 is 0. The van der Waals surface area contributed by atoms with E-state index >= 15 is 0 Å². The quantitative estimate of drug-likeness (QED) is 0.916. The van der Waals surface area contributed by atoms with Crippen molar-refractivity contribution in [1.29, 1.82) is 0 Å². The Bertz CT molecular complexity index is 582. The fourth-order valence-electron chi connectivity index (χ4n) is 1.65. The van der Waals surface area contributed by atoms with Gasteiger partial charge < -0.3 is 14.5 Å². The average Bonchev–Trinajstić information content (AvgIpc) is 2.78. The fourth-order valence-corrected chi connectivity index (χ4v) is 1.65. The Labute approximate surface area is 120 Å². The van der Waals surface area contributed by atoms with E-state index in [4.69, 9.17) is 9.15 Å². The second-order valence-electron chi connectivity index (χ2n) is 6.06. The molecule has 1 heterocycles. The average molecular weight is 274 g/mol. The van der Waals surface area contributed by atoms with Crippen molar-refractivity contribution in [3.8, 4) is 11.8 Å². The van der Waals surface area contributed by atoms with Crippen LogP contribution in [0.2, 0.25) is 0 Å². The SMILES string of the molecule is Cc1ccc(Oc2nc(CNC(C)(C)C)co2)cc1C. The largest absolute Gasteiger partial charge is 0.417 e. The van der Waals surface area contributed by atoms with Crippen LogP contribution in [0.25, 0.3) is 0 Å². The van der Waals surface area contributed by atoms with E-state index in [0.717, 1.165) is 11.4 Å². The molecule has 0 aliphatic carbocycles. The van der Waals surface area contributed by atoms with Crippen molar-refractivity contribution in [2.24, 2.45) is 0 Å². The van der Waals surface area contributed by atoms with Crippen LogP contribution in [0.4, 0.5) is 0 Å². The molecule has 4 nitrogen and oxygen atoms in total. The van der Waals surface area contributed by atoms with Gasteiger partial charge >= 0.3 is 6.08 Å². The molecule has 0 amide bonds. The van der Waals surface area contributed by atoms with E-state index in [0.29, 0.717) is 6.54 Å². The van der Waals surface area contributed by atoms with Crippen LogP contribution >= 0.6 is 0 Å². The summed E-state index contributed by atoms with van der Waals surface area (Å²) in [5, 5.41) is 3.35. The molecule has 0 saturated heterocycles. The Balaban J connectivity index is 2.00. The van der Waals surface area contributed by atoms with Crippen molar-refractivity contribution < 1.29 is 9.15 Å². The third-order valence-electron chi connectivity index (χ3n) is 3.01. The number of hydrogen-bond acceptors (Lipinski definition) is 4. The number of nitrogens with zero attached hydrogens (tertiary/aromatic N) is 1. The highest BCUT2D eigenvalue weighted by atomic mass is 16.6. The molecule has 20 heavy (non-hydrogen) atoms. The van der Waals surface area contributed by atoms with Gasteiger partial charge in [0.1, 0.15) is 12.0 Å². The van der Waals surface area contributed by atoms with Crippen LogP contribution in [-0.2, 0) is 6.54 Å². The van der Waals surface area contributed by atoms with E-state index in [1.165, 1.54) is 11.1 Å². The maximum Gasteiger partial charge on any atom is 0.399 e. The highest BCUT2D eigenvalue weighted by Crippen LogP contribution is 2.23. The van der Waals surface area contributed by atoms with E-state index in [9.17, 15) is 0 Å². The summed E-state index contributed by atoms with van der Waals surface area (Å²) in [7, 11) is 0. The lowest BCUT2D eigenvalue weighted by molar-refractivity contribution is 0.330. The van der Waals surface area contributed by atoms with E-state index in [-0.39, 0.29) is 11.6 Å². The van der Waals surface area contributed by atoms with Crippen LogP contribution in [0.5, 0.6) is 11.8 Å². The molecule has 0 aliphatic heterocycles. The van der Waals surface area contributed by atoms with Crippen molar-refractivity contribution >= 4 is 0 Å². The molecule has 2 rings (SSSR count). The summed E-state index contributed by atoms with van der Waals surface area (Å²) in [6.07, 6.45) is 1.90. The molecule has 1 N–H and O–H groups in total. The zero-order valence-corrected chi connectivity index (χ0v) is 12.8. The number of ether oxygens (including phenoxy) is 1. The number of oxazole rings is 1. The third kappa shape index (κ3) is 4.10. The van der Waals surface area contributed by atoms with Crippen molar-refractivity contribution in [1.82, 2.24) is 10.3 Å². The lowest BCUT2D eigenvalue weighted by Crippen LogP contribution is -2.35. The molecule has 0 spiro atoms. The first-order chi connectivity index (χ1) is 9.33. The number of nitrogens with one attached hydrogen (secondary N) is 1. The van der Waals surface area contributed by atoms with E-state index in [1.54, 1.807) is 6.26 Å². The number of aryl methyl sites for hydroxylation is 2. The molecular weight excluding hydrogens is 252 g/mol. The molecule has 4 heteroatoms. The summed E-state index contributed by atoms with van der Waals surface area (Å²) in [5.74, 6) is 0.741. The normalized spacial score (nSPS) is 11.7. The van der Waals surface area contributed by atoms with Gasteiger partial charge in [-0.1, -0.05) is 6.07 Å². The van der Waals surface area contributed by atoms with E-state index in [1.807, 2.05) is 18.2 Å². The molecule has 108 valence electrons. The zero-order chi connectivity index (χ0) is 14.8. The summed E-state index contributed by atoms with van der Waals surface area (Å²) in [6.45, 7) is 11.1. The number of benzene rings is 1. The van der Waals surface area contributed by atoms with Crippen molar-refractivity contribution in [2.45, 2.75) is 46.7 Å². The van der Waals surface area contributed by atoms with Gasteiger partial charge in [-0.2, -0.15) is 4.98 Å². The molecular formula is C16H22N2O2. The minimum atomic E-state index is 0.0496. The summed E-state index contributed by atoms with van der Waals surface area (Å²) in [4.78, 5) is 4.31. The molecule has 1 aromatic carbocycles. The lowest BCUT2D eigenvalue weighted by Gasteiger charge is -2.19. The second kappa shape index (κ2) is 5.67. The highest BCUT2D eigenvalue weighted by molar-refractivity contribution is 5.34. The summed E-state index contributed by atoms with van der Waals surface area (Å²) in [6, 6.07) is 5.92. The van der Waals surface area contributed by atoms with Crippen molar-refractivity contribution in [3.63, 3.8) is 0 Å². The minimum Gasteiger partial charge on any atom is -0.417 e. The third-order valence-corrected chi connectivity index (χ3v) is 3.01. The molecule has 1 aromatic heterocycles. The molecule has 0 unspecified atom stereocenters. The van der Waals surface area contributed by atoms with Gasteiger partial charge in [-0.15, -0.1) is 0 Å². The predicted molar refractivity (Wildman–Crippen MR) is 79.1 cm³/mol. The topological polar surface area (TPSA) is 47.3 Å². The predicted octanol–water partition coefficient (Wildman–Crippen LogP) is 3.97.